The van der Waals surface area contributed by atoms with Crippen molar-refractivity contribution >= 4 is 37.2 Å². The molecule has 102 valence electrons. The number of nitrogens with one attached hydrogen (secondary N) is 1. The van der Waals surface area contributed by atoms with Gasteiger partial charge in [0.2, 0.25) is 0 Å². The van der Waals surface area contributed by atoms with Gasteiger partial charge < -0.3 is 5.32 Å². The van der Waals surface area contributed by atoms with Gasteiger partial charge in [-0.25, -0.2) is 0 Å². The van der Waals surface area contributed by atoms with Crippen molar-refractivity contribution in [2.75, 3.05) is 12.4 Å². The van der Waals surface area contributed by atoms with Crippen LogP contribution in [0, 0.1) is 0 Å². The van der Waals surface area contributed by atoms with Crippen LogP contribution < -0.4 is 5.32 Å². The van der Waals surface area contributed by atoms with Gasteiger partial charge in [-0.1, -0.05) is 42.5 Å². The molecular formula is C19H15NS. The van der Waals surface area contributed by atoms with E-state index >= 15 is 0 Å². The summed E-state index contributed by atoms with van der Waals surface area (Å²) in [5.74, 6) is 0. The van der Waals surface area contributed by atoms with E-state index in [9.17, 15) is 0 Å². The van der Waals surface area contributed by atoms with Crippen LogP contribution in [0.2, 0.25) is 0 Å². The van der Waals surface area contributed by atoms with Crippen LogP contribution in [0.3, 0.4) is 0 Å². The number of benzene rings is 3. The molecule has 0 aliphatic heterocycles. The van der Waals surface area contributed by atoms with Crippen molar-refractivity contribution in [3.8, 4) is 11.1 Å². The average molecular weight is 289 g/mol. The molecule has 0 amide bonds. The molecule has 4 aromatic rings. The van der Waals surface area contributed by atoms with E-state index < -0.39 is 0 Å². The lowest BCUT2D eigenvalue weighted by molar-refractivity contribution is 1.51. The summed E-state index contributed by atoms with van der Waals surface area (Å²) in [6, 6.07) is 23.8. The molecule has 0 fully saturated rings. The third-order valence-corrected chi connectivity index (χ3v) is 5.04. The summed E-state index contributed by atoms with van der Waals surface area (Å²) in [5.41, 5.74) is 3.67. The molecule has 0 atom stereocenters. The van der Waals surface area contributed by atoms with E-state index in [0.717, 1.165) is 5.69 Å². The van der Waals surface area contributed by atoms with Gasteiger partial charge in [-0.15, -0.1) is 11.3 Å². The second kappa shape index (κ2) is 4.90. The molecule has 1 N–H and O–H groups in total. The summed E-state index contributed by atoms with van der Waals surface area (Å²) in [6.45, 7) is 0. The molecule has 0 aliphatic rings. The van der Waals surface area contributed by atoms with Crippen molar-refractivity contribution in [3.63, 3.8) is 0 Å². The molecule has 3 aromatic carbocycles. The van der Waals surface area contributed by atoms with Gasteiger partial charge in [-0.05, 0) is 29.8 Å². The first-order valence-electron chi connectivity index (χ1n) is 7.05. The van der Waals surface area contributed by atoms with Gasteiger partial charge in [-0.2, -0.15) is 0 Å². The third kappa shape index (κ3) is 1.99. The van der Waals surface area contributed by atoms with Crippen molar-refractivity contribution in [1.29, 1.82) is 0 Å². The molecule has 21 heavy (non-hydrogen) atoms. The van der Waals surface area contributed by atoms with Crippen molar-refractivity contribution < 1.29 is 0 Å². The zero-order chi connectivity index (χ0) is 14.2. The molecule has 4 rings (SSSR count). The van der Waals surface area contributed by atoms with Crippen molar-refractivity contribution in [3.05, 3.63) is 66.7 Å². The Bertz CT molecular complexity index is 937. The van der Waals surface area contributed by atoms with Gasteiger partial charge in [0.1, 0.15) is 0 Å². The molecule has 0 bridgehead atoms. The number of fused-ring (bicyclic) bond motifs is 3. The van der Waals surface area contributed by atoms with Gasteiger partial charge in [-0.3, -0.25) is 0 Å². The Hall–Kier alpha value is -2.32. The SMILES string of the molecule is CNc1ccccc1-c1ccc2sc3ccccc3c2c1. The Morgan fingerprint density at radius 3 is 2.43 bits per heavy atom. The highest BCUT2D eigenvalue weighted by Crippen LogP contribution is 2.37. The molecule has 0 saturated heterocycles. The highest BCUT2D eigenvalue weighted by molar-refractivity contribution is 7.25. The van der Waals surface area contributed by atoms with E-state index in [2.05, 4.69) is 72.0 Å². The number of hydrogen-bond donors (Lipinski definition) is 1. The molecule has 1 heterocycles. The van der Waals surface area contributed by atoms with Gasteiger partial charge in [0, 0.05) is 38.5 Å². The fraction of sp³-hybridized carbons (Fsp3) is 0.0526. The average Bonchev–Trinajstić information content (AvgIpc) is 2.92. The predicted molar refractivity (Wildman–Crippen MR) is 94.3 cm³/mol. The lowest BCUT2D eigenvalue weighted by Gasteiger charge is -2.09. The smallest absolute Gasteiger partial charge is 0.0417 e. The van der Waals surface area contributed by atoms with E-state index in [1.54, 1.807) is 0 Å². The van der Waals surface area contributed by atoms with Crippen LogP contribution in [-0.4, -0.2) is 7.05 Å². The Kier molecular flexibility index (Phi) is 2.90. The summed E-state index contributed by atoms with van der Waals surface area (Å²) < 4.78 is 2.70. The normalized spacial score (nSPS) is 11.1. The fourth-order valence-electron chi connectivity index (χ4n) is 2.85. The zero-order valence-electron chi connectivity index (χ0n) is 11.8. The zero-order valence-corrected chi connectivity index (χ0v) is 12.6. The van der Waals surface area contributed by atoms with E-state index in [1.165, 1.54) is 31.3 Å². The number of para-hydroxylation sites is 1. The van der Waals surface area contributed by atoms with Crippen LogP contribution in [0.15, 0.2) is 66.7 Å². The first-order valence-corrected chi connectivity index (χ1v) is 7.87. The van der Waals surface area contributed by atoms with Crippen LogP contribution in [0.25, 0.3) is 31.3 Å². The fourth-order valence-corrected chi connectivity index (χ4v) is 3.93. The highest BCUT2D eigenvalue weighted by Gasteiger charge is 2.08. The van der Waals surface area contributed by atoms with E-state index in [4.69, 9.17) is 0 Å². The molecule has 2 heteroatoms. The minimum atomic E-state index is 1.16. The molecule has 1 aromatic heterocycles. The van der Waals surface area contributed by atoms with Crippen LogP contribution in [0.1, 0.15) is 0 Å². The first kappa shape index (κ1) is 12.4. The van der Waals surface area contributed by atoms with Crippen LogP contribution in [-0.2, 0) is 0 Å². The number of anilines is 1. The van der Waals surface area contributed by atoms with Gasteiger partial charge in [0.05, 0.1) is 0 Å². The summed E-state index contributed by atoms with van der Waals surface area (Å²) >= 11 is 1.86. The molecule has 0 radical (unpaired) electrons. The second-order valence-corrected chi connectivity index (χ2v) is 6.19. The maximum atomic E-state index is 3.28. The molecular weight excluding hydrogens is 274 g/mol. The first-order chi connectivity index (χ1) is 10.4. The van der Waals surface area contributed by atoms with Crippen LogP contribution >= 0.6 is 11.3 Å². The van der Waals surface area contributed by atoms with Crippen molar-refractivity contribution in [1.82, 2.24) is 0 Å². The minimum absolute atomic E-state index is 1.16. The van der Waals surface area contributed by atoms with Crippen LogP contribution in [0.4, 0.5) is 5.69 Å². The maximum absolute atomic E-state index is 3.28. The Labute approximate surface area is 127 Å². The minimum Gasteiger partial charge on any atom is -0.388 e. The van der Waals surface area contributed by atoms with Crippen LogP contribution in [0.5, 0.6) is 0 Å². The standard InChI is InChI=1S/C19H15NS/c1-20-17-8-4-2-6-14(17)13-10-11-19-16(12-13)15-7-3-5-9-18(15)21-19/h2-12,20H,1H3. The molecule has 0 spiro atoms. The van der Waals surface area contributed by atoms with Gasteiger partial charge >= 0.3 is 0 Å². The predicted octanol–water partition coefficient (Wildman–Crippen LogP) is 5.76. The third-order valence-electron chi connectivity index (χ3n) is 3.88. The molecule has 0 unspecified atom stereocenters. The summed E-state index contributed by atoms with van der Waals surface area (Å²) in [4.78, 5) is 0. The second-order valence-electron chi connectivity index (χ2n) is 5.10. The Morgan fingerprint density at radius 1 is 0.762 bits per heavy atom. The molecule has 1 nitrogen and oxygen atoms in total. The van der Waals surface area contributed by atoms with E-state index in [1.807, 2.05) is 18.4 Å². The number of rotatable bonds is 2. The summed E-state index contributed by atoms with van der Waals surface area (Å²) in [6.07, 6.45) is 0. The maximum Gasteiger partial charge on any atom is 0.0417 e. The Balaban J connectivity index is 2.00. The number of thiophene rings is 1. The van der Waals surface area contributed by atoms with E-state index in [0.29, 0.717) is 0 Å². The molecule has 0 saturated carbocycles. The lowest BCUT2D eigenvalue weighted by atomic mass is 10.0. The largest absolute Gasteiger partial charge is 0.388 e. The lowest BCUT2D eigenvalue weighted by Crippen LogP contribution is -1.91. The molecule has 0 aliphatic carbocycles. The topological polar surface area (TPSA) is 12.0 Å². The quantitative estimate of drug-likeness (QED) is 0.494. The monoisotopic (exact) mass is 289 g/mol. The van der Waals surface area contributed by atoms with Gasteiger partial charge in [0.25, 0.3) is 0 Å². The summed E-state index contributed by atoms with van der Waals surface area (Å²) in [7, 11) is 1.97. The summed E-state index contributed by atoms with van der Waals surface area (Å²) in [5, 5.41) is 5.97. The van der Waals surface area contributed by atoms with Crippen molar-refractivity contribution in [2.24, 2.45) is 0 Å². The van der Waals surface area contributed by atoms with E-state index in [-0.39, 0.29) is 0 Å². The highest BCUT2D eigenvalue weighted by atomic mass is 32.1. The number of hydrogen-bond acceptors (Lipinski definition) is 2. The van der Waals surface area contributed by atoms with Gasteiger partial charge in [0.15, 0.2) is 0 Å². The van der Waals surface area contributed by atoms with Crippen molar-refractivity contribution in [2.45, 2.75) is 0 Å². The Morgan fingerprint density at radius 2 is 1.52 bits per heavy atom.